The summed E-state index contributed by atoms with van der Waals surface area (Å²) in [6.45, 7) is 0. The fraction of sp³-hybridized carbons (Fsp3) is 0.308. The van der Waals surface area contributed by atoms with Crippen LogP contribution in [0.5, 0.6) is 11.5 Å². The fourth-order valence-electron chi connectivity index (χ4n) is 2.14. The number of nitrogens with zero attached hydrogens (tertiary/aromatic N) is 1. The molecule has 0 aliphatic carbocycles. The number of ether oxygens (including phenoxy) is 2. The standard InChI is InChI=1S/C13H13NO2S/c1-15-10-3-4-11(16-2)12-9(10)7-8-5-6-17-13(8)14-12/h3-4,7H,5-6H2,1-2H3. The Labute approximate surface area is 104 Å². The highest BCUT2D eigenvalue weighted by atomic mass is 32.2. The minimum Gasteiger partial charge on any atom is -0.496 e. The summed E-state index contributed by atoms with van der Waals surface area (Å²) in [4.78, 5) is 4.69. The van der Waals surface area contributed by atoms with Gasteiger partial charge in [-0.15, -0.1) is 11.8 Å². The Hall–Kier alpha value is -1.42. The fourth-order valence-corrected chi connectivity index (χ4v) is 3.16. The van der Waals surface area contributed by atoms with Crippen LogP contribution < -0.4 is 9.47 Å². The number of hydrogen-bond donors (Lipinski definition) is 0. The molecular weight excluding hydrogens is 234 g/mol. The molecule has 1 aliphatic rings. The molecule has 3 nitrogen and oxygen atoms in total. The van der Waals surface area contributed by atoms with Gasteiger partial charge in [-0.1, -0.05) is 0 Å². The molecule has 4 heteroatoms. The van der Waals surface area contributed by atoms with Crippen molar-refractivity contribution in [3.8, 4) is 11.5 Å². The first-order valence-corrected chi connectivity index (χ1v) is 6.49. The predicted octanol–water partition coefficient (Wildman–Crippen LogP) is 2.90. The SMILES string of the molecule is COc1ccc(OC)c2nc3c(cc12)CCS3. The molecule has 3 rings (SSSR count). The van der Waals surface area contributed by atoms with Crippen LogP contribution >= 0.6 is 11.8 Å². The van der Waals surface area contributed by atoms with Gasteiger partial charge in [0.15, 0.2) is 0 Å². The molecule has 2 heterocycles. The van der Waals surface area contributed by atoms with Crippen LogP contribution in [0, 0.1) is 0 Å². The van der Waals surface area contributed by atoms with Gasteiger partial charge >= 0.3 is 0 Å². The van der Waals surface area contributed by atoms with E-state index in [2.05, 4.69) is 6.07 Å². The highest BCUT2D eigenvalue weighted by molar-refractivity contribution is 7.99. The van der Waals surface area contributed by atoms with Gasteiger partial charge in [0.2, 0.25) is 0 Å². The summed E-state index contributed by atoms with van der Waals surface area (Å²) >= 11 is 1.81. The van der Waals surface area contributed by atoms with Gasteiger partial charge in [-0.2, -0.15) is 0 Å². The number of fused-ring (bicyclic) bond motifs is 2. The van der Waals surface area contributed by atoms with Crippen molar-refractivity contribution in [2.24, 2.45) is 0 Å². The van der Waals surface area contributed by atoms with Gasteiger partial charge < -0.3 is 9.47 Å². The highest BCUT2D eigenvalue weighted by Gasteiger charge is 2.17. The molecule has 0 radical (unpaired) electrons. The van der Waals surface area contributed by atoms with E-state index in [1.165, 1.54) is 5.56 Å². The van der Waals surface area contributed by atoms with Gasteiger partial charge in [0.1, 0.15) is 22.0 Å². The molecule has 0 spiro atoms. The van der Waals surface area contributed by atoms with Gasteiger partial charge in [0.25, 0.3) is 0 Å². The summed E-state index contributed by atoms with van der Waals surface area (Å²) in [5, 5.41) is 2.16. The second-order valence-corrected chi connectivity index (χ2v) is 5.00. The lowest BCUT2D eigenvalue weighted by molar-refractivity contribution is 0.409. The molecule has 2 aromatic rings. The third kappa shape index (κ3) is 1.63. The third-order valence-electron chi connectivity index (χ3n) is 3.00. The topological polar surface area (TPSA) is 31.4 Å². The van der Waals surface area contributed by atoms with E-state index < -0.39 is 0 Å². The molecule has 0 fully saturated rings. The summed E-state index contributed by atoms with van der Waals surface area (Å²) in [6.07, 6.45) is 1.09. The average Bonchev–Trinajstić information content (AvgIpc) is 2.82. The molecule has 0 bridgehead atoms. The smallest absolute Gasteiger partial charge is 0.145 e. The van der Waals surface area contributed by atoms with E-state index in [4.69, 9.17) is 14.5 Å². The van der Waals surface area contributed by atoms with Crippen molar-refractivity contribution in [3.63, 3.8) is 0 Å². The summed E-state index contributed by atoms with van der Waals surface area (Å²) in [7, 11) is 3.35. The molecule has 0 amide bonds. The lowest BCUT2D eigenvalue weighted by Gasteiger charge is -2.10. The van der Waals surface area contributed by atoms with E-state index in [0.29, 0.717) is 0 Å². The monoisotopic (exact) mass is 247 g/mol. The van der Waals surface area contributed by atoms with Gasteiger partial charge in [-0.25, -0.2) is 4.98 Å². The van der Waals surface area contributed by atoms with Crippen molar-refractivity contribution in [3.05, 3.63) is 23.8 Å². The Bertz CT molecular complexity index is 533. The maximum absolute atomic E-state index is 5.38. The van der Waals surface area contributed by atoms with Gasteiger partial charge in [0.05, 0.1) is 14.2 Å². The molecule has 1 aromatic heterocycles. The Kier molecular flexibility index (Phi) is 2.59. The maximum Gasteiger partial charge on any atom is 0.145 e. The van der Waals surface area contributed by atoms with Crippen molar-refractivity contribution >= 4 is 22.7 Å². The number of rotatable bonds is 2. The summed E-state index contributed by atoms with van der Waals surface area (Å²) in [6, 6.07) is 6.01. The number of hydrogen-bond acceptors (Lipinski definition) is 4. The molecule has 0 atom stereocenters. The van der Waals surface area contributed by atoms with Crippen LogP contribution in [0.15, 0.2) is 23.2 Å². The van der Waals surface area contributed by atoms with E-state index in [9.17, 15) is 0 Å². The van der Waals surface area contributed by atoms with E-state index in [-0.39, 0.29) is 0 Å². The number of aryl methyl sites for hydroxylation is 1. The number of thioether (sulfide) groups is 1. The van der Waals surface area contributed by atoms with Gasteiger partial charge in [-0.3, -0.25) is 0 Å². The van der Waals surface area contributed by atoms with Crippen molar-refractivity contribution in [1.29, 1.82) is 0 Å². The minimum atomic E-state index is 0.802. The number of pyridine rings is 1. The second-order valence-electron chi connectivity index (χ2n) is 3.92. The molecule has 1 aliphatic heterocycles. The van der Waals surface area contributed by atoms with Crippen LogP contribution in [0.1, 0.15) is 5.56 Å². The quantitative estimate of drug-likeness (QED) is 0.816. The van der Waals surface area contributed by atoms with Crippen LogP contribution in [0.2, 0.25) is 0 Å². The van der Waals surface area contributed by atoms with E-state index in [0.717, 1.165) is 39.6 Å². The van der Waals surface area contributed by atoms with Crippen molar-refractivity contribution < 1.29 is 9.47 Å². The van der Waals surface area contributed by atoms with E-state index in [1.807, 2.05) is 23.9 Å². The summed E-state index contributed by atoms with van der Waals surface area (Å²) in [5.74, 6) is 2.77. The van der Waals surface area contributed by atoms with Crippen LogP contribution in [0.4, 0.5) is 0 Å². The molecule has 0 unspecified atom stereocenters. The van der Waals surface area contributed by atoms with Crippen LogP contribution in [-0.4, -0.2) is 25.0 Å². The molecular formula is C13H13NO2S. The minimum absolute atomic E-state index is 0.802. The normalized spacial score (nSPS) is 13.8. The van der Waals surface area contributed by atoms with Crippen molar-refractivity contribution in [1.82, 2.24) is 4.98 Å². The van der Waals surface area contributed by atoms with Crippen LogP contribution in [0.3, 0.4) is 0 Å². The zero-order valence-corrected chi connectivity index (χ0v) is 10.6. The van der Waals surface area contributed by atoms with Crippen LogP contribution in [-0.2, 0) is 6.42 Å². The van der Waals surface area contributed by atoms with E-state index in [1.54, 1.807) is 14.2 Å². The summed E-state index contributed by atoms with van der Waals surface area (Å²) < 4.78 is 10.7. The first kappa shape index (κ1) is 10.7. The lowest BCUT2D eigenvalue weighted by atomic mass is 10.1. The summed E-state index contributed by atoms with van der Waals surface area (Å²) in [5.41, 5.74) is 2.20. The lowest BCUT2D eigenvalue weighted by Crippen LogP contribution is -1.94. The zero-order chi connectivity index (χ0) is 11.8. The molecule has 0 saturated carbocycles. The largest absolute Gasteiger partial charge is 0.496 e. The third-order valence-corrected chi connectivity index (χ3v) is 4.03. The molecule has 17 heavy (non-hydrogen) atoms. The molecule has 0 saturated heterocycles. The Balaban J connectivity index is 2.34. The van der Waals surface area contributed by atoms with Gasteiger partial charge in [0, 0.05) is 11.1 Å². The predicted molar refractivity (Wildman–Crippen MR) is 69.3 cm³/mol. The highest BCUT2D eigenvalue weighted by Crippen LogP contribution is 2.38. The van der Waals surface area contributed by atoms with E-state index >= 15 is 0 Å². The van der Waals surface area contributed by atoms with Crippen molar-refractivity contribution in [2.75, 3.05) is 20.0 Å². The molecule has 88 valence electrons. The van der Waals surface area contributed by atoms with Crippen molar-refractivity contribution in [2.45, 2.75) is 11.4 Å². The first-order chi connectivity index (χ1) is 8.33. The maximum atomic E-state index is 5.38. The van der Waals surface area contributed by atoms with Crippen LogP contribution in [0.25, 0.3) is 10.9 Å². The number of aromatic nitrogens is 1. The molecule has 0 N–H and O–H groups in total. The number of methoxy groups -OCH3 is 2. The Morgan fingerprint density at radius 2 is 1.94 bits per heavy atom. The first-order valence-electron chi connectivity index (χ1n) is 5.51. The van der Waals surface area contributed by atoms with Gasteiger partial charge in [-0.05, 0) is 30.2 Å². The zero-order valence-electron chi connectivity index (χ0n) is 9.82. The number of benzene rings is 1. The Morgan fingerprint density at radius 1 is 1.18 bits per heavy atom. The second kappa shape index (κ2) is 4.11. The average molecular weight is 247 g/mol. The molecule has 1 aromatic carbocycles. The Morgan fingerprint density at radius 3 is 2.71 bits per heavy atom.